The van der Waals surface area contributed by atoms with E-state index >= 15 is 0 Å². The largest absolute Gasteiger partial charge is 0.355 e. The first kappa shape index (κ1) is 13.0. The second kappa shape index (κ2) is 5.06. The summed E-state index contributed by atoms with van der Waals surface area (Å²) in [5.41, 5.74) is -0.466. The van der Waals surface area contributed by atoms with Gasteiger partial charge in [-0.15, -0.1) is 11.3 Å². The third kappa shape index (κ3) is 2.87. The number of amides is 2. The molecule has 1 aliphatic heterocycles. The first-order valence-corrected chi connectivity index (χ1v) is 6.86. The van der Waals surface area contributed by atoms with Gasteiger partial charge < -0.3 is 10.6 Å². The van der Waals surface area contributed by atoms with Gasteiger partial charge in [0.2, 0.25) is 11.8 Å². The summed E-state index contributed by atoms with van der Waals surface area (Å²) in [7, 11) is 0. The van der Waals surface area contributed by atoms with Crippen molar-refractivity contribution in [1.82, 2.24) is 15.6 Å². The molecule has 2 heterocycles. The molecule has 1 aliphatic rings. The average Bonchev–Trinajstić information content (AvgIpc) is 2.83. The summed E-state index contributed by atoms with van der Waals surface area (Å²) in [6.45, 7) is 4.30. The van der Waals surface area contributed by atoms with Crippen LogP contribution < -0.4 is 10.6 Å². The molecule has 98 valence electrons. The van der Waals surface area contributed by atoms with Crippen molar-refractivity contribution in [1.29, 1.82) is 0 Å². The minimum Gasteiger partial charge on any atom is -0.355 e. The molecule has 0 bridgehead atoms. The van der Waals surface area contributed by atoms with E-state index in [0.29, 0.717) is 19.4 Å². The molecule has 1 atom stereocenters. The van der Waals surface area contributed by atoms with E-state index in [1.807, 2.05) is 19.2 Å². The van der Waals surface area contributed by atoms with Crippen molar-refractivity contribution in [2.45, 2.75) is 32.2 Å². The minimum atomic E-state index is -0.466. The topological polar surface area (TPSA) is 71.1 Å². The van der Waals surface area contributed by atoms with Crippen molar-refractivity contribution in [3.8, 4) is 0 Å². The van der Waals surface area contributed by atoms with Crippen molar-refractivity contribution >= 4 is 23.2 Å². The number of carbonyl (C=O) groups is 2. The van der Waals surface area contributed by atoms with Gasteiger partial charge in [0, 0.05) is 24.5 Å². The molecule has 0 aromatic carbocycles. The number of nitrogens with one attached hydrogen (secondary N) is 2. The monoisotopic (exact) mass is 267 g/mol. The standard InChI is InChI=1S/C12H17N3O2S/c1-12(2,11-13-5-6-18-11)15-10(17)8-3-4-9(16)14-7-8/h5-6,8H,3-4,7H2,1-2H3,(H,14,16)(H,15,17). The summed E-state index contributed by atoms with van der Waals surface area (Å²) in [6.07, 6.45) is 2.77. The zero-order valence-corrected chi connectivity index (χ0v) is 11.3. The normalized spacial score (nSPS) is 20.3. The van der Waals surface area contributed by atoms with Crippen LogP contribution in [0.15, 0.2) is 11.6 Å². The van der Waals surface area contributed by atoms with Crippen LogP contribution in [0.4, 0.5) is 0 Å². The molecule has 0 spiro atoms. The van der Waals surface area contributed by atoms with E-state index in [2.05, 4.69) is 15.6 Å². The molecule has 5 nitrogen and oxygen atoms in total. The number of carbonyl (C=O) groups excluding carboxylic acids is 2. The van der Waals surface area contributed by atoms with Gasteiger partial charge in [0.05, 0.1) is 11.5 Å². The van der Waals surface area contributed by atoms with Gasteiger partial charge in [-0.25, -0.2) is 4.98 Å². The highest BCUT2D eigenvalue weighted by Gasteiger charge is 2.31. The molecule has 6 heteroatoms. The number of hydrogen-bond donors (Lipinski definition) is 2. The van der Waals surface area contributed by atoms with Crippen LogP contribution in [0.5, 0.6) is 0 Å². The third-order valence-electron chi connectivity index (χ3n) is 3.04. The quantitative estimate of drug-likeness (QED) is 0.859. The number of thiazole rings is 1. The third-order valence-corrected chi connectivity index (χ3v) is 4.14. The second-order valence-electron chi connectivity index (χ2n) is 4.99. The molecule has 1 aromatic heterocycles. The van der Waals surface area contributed by atoms with Crippen LogP contribution in [0.2, 0.25) is 0 Å². The Balaban J connectivity index is 1.97. The Kier molecular flexibility index (Phi) is 3.65. The molecule has 18 heavy (non-hydrogen) atoms. The Morgan fingerprint density at radius 2 is 2.39 bits per heavy atom. The van der Waals surface area contributed by atoms with E-state index in [9.17, 15) is 9.59 Å². The van der Waals surface area contributed by atoms with Crippen molar-refractivity contribution in [2.75, 3.05) is 6.54 Å². The minimum absolute atomic E-state index is 0.0183. The first-order chi connectivity index (χ1) is 8.49. The molecule has 1 aromatic rings. The maximum Gasteiger partial charge on any atom is 0.225 e. The van der Waals surface area contributed by atoms with Crippen molar-refractivity contribution in [3.63, 3.8) is 0 Å². The van der Waals surface area contributed by atoms with Crippen LogP contribution in [-0.2, 0) is 15.1 Å². The summed E-state index contributed by atoms with van der Waals surface area (Å²) in [6, 6.07) is 0. The van der Waals surface area contributed by atoms with Gasteiger partial charge in [-0.3, -0.25) is 9.59 Å². The Hall–Kier alpha value is -1.43. The fraction of sp³-hybridized carbons (Fsp3) is 0.583. The van der Waals surface area contributed by atoms with Crippen molar-refractivity contribution in [2.24, 2.45) is 5.92 Å². The van der Waals surface area contributed by atoms with E-state index < -0.39 is 5.54 Å². The maximum absolute atomic E-state index is 12.1. The maximum atomic E-state index is 12.1. The SMILES string of the molecule is CC(C)(NC(=O)C1CCC(=O)NC1)c1nccs1. The number of piperidine rings is 1. The predicted octanol–water partition coefficient (Wildman–Crippen LogP) is 1.02. The van der Waals surface area contributed by atoms with Gasteiger partial charge in [-0.1, -0.05) is 0 Å². The molecule has 1 saturated heterocycles. The molecule has 2 amide bonds. The summed E-state index contributed by atoms with van der Waals surface area (Å²) in [5.74, 6) is -0.129. The van der Waals surface area contributed by atoms with Gasteiger partial charge >= 0.3 is 0 Å². The van der Waals surface area contributed by atoms with Crippen LogP contribution >= 0.6 is 11.3 Å². The van der Waals surface area contributed by atoms with Gasteiger partial charge in [0.1, 0.15) is 5.01 Å². The summed E-state index contributed by atoms with van der Waals surface area (Å²) >= 11 is 1.52. The fourth-order valence-electron chi connectivity index (χ4n) is 1.95. The molecule has 0 radical (unpaired) electrons. The molecule has 0 saturated carbocycles. The van der Waals surface area contributed by atoms with E-state index in [1.165, 1.54) is 11.3 Å². The van der Waals surface area contributed by atoms with Gasteiger partial charge in [0.25, 0.3) is 0 Å². The molecule has 0 aliphatic carbocycles. The van der Waals surface area contributed by atoms with E-state index in [0.717, 1.165) is 5.01 Å². The molecular weight excluding hydrogens is 250 g/mol. The Labute approximate surface area is 110 Å². The molecular formula is C12H17N3O2S. The number of aromatic nitrogens is 1. The molecule has 1 fully saturated rings. The van der Waals surface area contributed by atoms with Crippen LogP contribution in [-0.4, -0.2) is 23.3 Å². The molecule has 2 N–H and O–H groups in total. The van der Waals surface area contributed by atoms with Crippen molar-refractivity contribution < 1.29 is 9.59 Å². The van der Waals surface area contributed by atoms with Gasteiger partial charge in [0.15, 0.2) is 0 Å². The number of hydrogen-bond acceptors (Lipinski definition) is 4. The highest BCUT2D eigenvalue weighted by atomic mass is 32.1. The predicted molar refractivity (Wildman–Crippen MR) is 69.0 cm³/mol. The lowest BCUT2D eigenvalue weighted by atomic mass is 9.96. The summed E-state index contributed by atoms with van der Waals surface area (Å²) in [5, 5.41) is 8.50. The Bertz CT molecular complexity index is 432. The van der Waals surface area contributed by atoms with E-state index in [4.69, 9.17) is 0 Å². The zero-order chi connectivity index (χ0) is 13.2. The fourth-order valence-corrected chi connectivity index (χ4v) is 2.67. The summed E-state index contributed by atoms with van der Waals surface area (Å²) in [4.78, 5) is 27.4. The number of rotatable bonds is 3. The van der Waals surface area contributed by atoms with Crippen LogP contribution in [0, 0.1) is 5.92 Å². The van der Waals surface area contributed by atoms with Crippen molar-refractivity contribution in [3.05, 3.63) is 16.6 Å². The highest BCUT2D eigenvalue weighted by Crippen LogP contribution is 2.23. The smallest absolute Gasteiger partial charge is 0.225 e. The van der Waals surface area contributed by atoms with Crippen LogP contribution in [0.3, 0.4) is 0 Å². The lowest BCUT2D eigenvalue weighted by Gasteiger charge is -2.28. The Morgan fingerprint density at radius 3 is 2.94 bits per heavy atom. The summed E-state index contributed by atoms with van der Waals surface area (Å²) < 4.78 is 0. The lowest BCUT2D eigenvalue weighted by Crippen LogP contribution is -2.48. The first-order valence-electron chi connectivity index (χ1n) is 5.98. The Morgan fingerprint density at radius 1 is 1.61 bits per heavy atom. The van der Waals surface area contributed by atoms with E-state index in [-0.39, 0.29) is 17.7 Å². The number of nitrogens with zero attached hydrogens (tertiary/aromatic N) is 1. The van der Waals surface area contributed by atoms with Crippen LogP contribution in [0.25, 0.3) is 0 Å². The lowest BCUT2D eigenvalue weighted by molar-refractivity contribution is -0.130. The van der Waals surface area contributed by atoms with E-state index in [1.54, 1.807) is 6.20 Å². The molecule has 2 rings (SSSR count). The highest BCUT2D eigenvalue weighted by molar-refractivity contribution is 7.09. The van der Waals surface area contributed by atoms with Gasteiger partial charge in [-0.2, -0.15) is 0 Å². The van der Waals surface area contributed by atoms with Crippen LogP contribution in [0.1, 0.15) is 31.7 Å². The van der Waals surface area contributed by atoms with Gasteiger partial charge in [-0.05, 0) is 20.3 Å². The zero-order valence-electron chi connectivity index (χ0n) is 10.5. The average molecular weight is 267 g/mol. The second-order valence-corrected chi connectivity index (χ2v) is 5.89. The molecule has 1 unspecified atom stereocenters.